The first-order chi connectivity index (χ1) is 14.9. The van der Waals surface area contributed by atoms with Gasteiger partial charge in [-0.05, 0) is 44.1 Å². The summed E-state index contributed by atoms with van der Waals surface area (Å²) in [6.07, 6.45) is 9.89. The number of hydrogen-bond acceptors (Lipinski definition) is 5. The molecule has 0 bridgehead atoms. The van der Waals surface area contributed by atoms with Crippen molar-refractivity contribution in [2.75, 3.05) is 20.8 Å². The average molecular weight is 430 g/mol. The van der Waals surface area contributed by atoms with Crippen molar-refractivity contribution in [3.05, 3.63) is 48.0 Å². The van der Waals surface area contributed by atoms with Crippen molar-refractivity contribution < 1.29 is 24.2 Å². The third-order valence-electron chi connectivity index (χ3n) is 7.09. The smallest absolute Gasteiger partial charge is 0.303 e. The van der Waals surface area contributed by atoms with E-state index in [9.17, 15) is 9.59 Å². The summed E-state index contributed by atoms with van der Waals surface area (Å²) in [5.41, 5.74) is 0.301. The number of rotatable bonds is 13. The maximum atomic E-state index is 13.3. The molecule has 1 aliphatic carbocycles. The molecule has 1 heterocycles. The van der Waals surface area contributed by atoms with Gasteiger partial charge in [-0.2, -0.15) is 0 Å². The molecule has 6 nitrogen and oxygen atoms in total. The van der Waals surface area contributed by atoms with Crippen molar-refractivity contribution in [1.29, 1.82) is 0 Å². The highest BCUT2D eigenvalue weighted by molar-refractivity contribution is 5.93. The molecular formula is C25H35NO5. The number of benzene rings is 1. The number of carbonyl (C=O) groups excluding carboxylic acids is 1. The molecule has 0 radical (unpaired) electrons. The van der Waals surface area contributed by atoms with Crippen LogP contribution in [0.5, 0.6) is 0 Å². The van der Waals surface area contributed by atoms with E-state index in [0.717, 1.165) is 24.9 Å². The number of ketones is 1. The standard InChI is InChI=1S/C25H35NO5/c1-30-25(31-2)18-19-26-24(25,14-9-4-3-8-12-22(28)29)15-13-21(27)23(16-17-23)20-10-6-5-7-11-20/h4-7,9-11,26H,3,8,12-19H2,1-2H3,(H,28,29)/b9-4-/t24-/m1/s1. The Morgan fingerprint density at radius 1 is 1.06 bits per heavy atom. The minimum atomic E-state index is -0.790. The van der Waals surface area contributed by atoms with Crippen LogP contribution in [0.4, 0.5) is 0 Å². The van der Waals surface area contributed by atoms with Crippen molar-refractivity contribution >= 4 is 11.8 Å². The van der Waals surface area contributed by atoms with E-state index in [2.05, 4.69) is 23.5 Å². The van der Waals surface area contributed by atoms with E-state index < -0.39 is 17.3 Å². The van der Waals surface area contributed by atoms with Crippen molar-refractivity contribution in [2.45, 2.75) is 74.5 Å². The van der Waals surface area contributed by atoms with E-state index in [1.165, 1.54) is 0 Å². The van der Waals surface area contributed by atoms with Gasteiger partial charge in [-0.1, -0.05) is 42.5 Å². The summed E-state index contributed by atoms with van der Waals surface area (Å²) in [5.74, 6) is -1.27. The minimum absolute atomic E-state index is 0.171. The minimum Gasteiger partial charge on any atom is -0.481 e. The molecule has 0 spiro atoms. The van der Waals surface area contributed by atoms with Crippen LogP contribution in [-0.4, -0.2) is 48.9 Å². The summed E-state index contributed by atoms with van der Waals surface area (Å²) in [4.78, 5) is 24.0. The summed E-state index contributed by atoms with van der Waals surface area (Å²) < 4.78 is 11.8. The van der Waals surface area contributed by atoms with E-state index in [0.29, 0.717) is 44.3 Å². The first-order valence-electron chi connectivity index (χ1n) is 11.2. The van der Waals surface area contributed by atoms with Gasteiger partial charge < -0.3 is 19.9 Å². The Hall–Kier alpha value is -2.02. The van der Waals surface area contributed by atoms with Crippen molar-refractivity contribution in [2.24, 2.45) is 0 Å². The number of hydrogen-bond donors (Lipinski definition) is 2. The molecule has 1 saturated carbocycles. The lowest BCUT2D eigenvalue weighted by molar-refractivity contribution is -0.239. The Kier molecular flexibility index (Phi) is 7.68. The zero-order valence-corrected chi connectivity index (χ0v) is 18.7. The summed E-state index contributed by atoms with van der Waals surface area (Å²) in [6.45, 7) is 0.757. The molecule has 6 heteroatoms. The van der Waals surface area contributed by atoms with Crippen LogP contribution in [-0.2, 0) is 24.5 Å². The second-order valence-electron chi connectivity index (χ2n) is 8.75. The lowest BCUT2D eigenvalue weighted by Crippen LogP contribution is -2.58. The fraction of sp³-hybridized carbons (Fsp3) is 0.600. The zero-order chi connectivity index (χ0) is 22.4. The SMILES string of the molecule is COC1(OC)CCN[C@]1(C/C=C\CCCC(=O)O)CCC(=O)C1(c2ccccc2)CC1. The predicted molar refractivity (Wildman–Crippen MR) is 119 cm³/mol. The Balaban J connectivity index is 1.70. The molecule has 0 aromatic heterocycles. The molecule has 170 valence electrons. The second kappa shape index (κ2) is 10.1. The van der Waals surface area contributed by atoms with Gasteiger partial charge in [0.05, 0.1) is 11.0 Å². The van der Waals surface area contributed by atoms with E-state index in [4.69, 9.17) is 14.6 Å². The largest absolute Gasteiger partial charge is 0.481 e. The average Bonchev–Trinajstić information content (AvgIpc) is 3.52. The quantitative estimate of drug-likeness (QED) is 0.280. The van der Waals surface area contributed by atoms with Crippen LogP contribution in [0.1, 0.15) is 63.4 Å². The van der Waals surface area contributed by atoms with Crippen LogP contribution < -0.4 is 5.32 Å². The molecule has 3 rings (SSSR count). The predicted octanol–water partition coefficient (Wildman–Crippen LogP) is 3.99. The Bertz CT molecular complexity index is 782. The van der Waals surface area contributed by atoms with E-state index in [1.807, 2.05) is 24.3 Å². The van der Waals surface area contributed by atoms with Crippen LogP contribution in [0.3, 0.4) is 0 Å². The number of carboxylic acid groups (broad SMARTS) is 1. The summed E-state index contributed by atoms with van der Waals surface area (Å²) in [5, 5.41) is 12.4. The third kappa shape index (κ3) is 4.92. The number of methoxy groups -OCH3 is 2. The molecule has 0 unspecified atom stereocenters. The molecule has 1 aliphatic heterocycles. The number of carboxylic acids is 1. The lowest BCUT2D eigenvalue weighted by Gasteiger charge is -2.43. The summed E-state index contributed by atoms with van der Waals surface area (Å²) in [7, 11) is 3.33. The third-order valence-corrected chi connectivity index (χ3v) is 7.09. The first-order valence-corrected chi connectivity index (χ1v) is 11.2. The maximum Gasteiger partial charge on any atom is 0.303 e. The Morgan fingerprint density at radius 3 is 2.39 bits per heavy atom. The van der Waals surface area contributed by atoms with Gasteiger partial charge in [0.1, 0.15) is 5.78 Å². The molecular weight excluding hydrogens is 394 g/mol. The van der Waals surface area contributed by atoms with Crippen LogP contribution in [0, 0.1) is 0 Å². The van der Waals surface area contributed by atoms with Crippen LogP contribution in [0.2, 0.25) is 0 Å². The van der Waals surface area contributed by atoms with Gasteiger partial charge in [0.25, 0.3) is 0 Å². The van der Waals surface area contributed by atoms with Gasteiger partial charge in [0.15, 0.2) is 5.79 Å². The summed E-state index contributed by atoms with van der Waals surface area (Å²) >= 11 is 0. The van der Waals surface area contributed by atoms with E-state index in [-0.39, 0.29) is 11.8 Å². The van der Waals surface area contributed by atoms with Gasteiger partial charge >= 0.3 is 5.97 Å². The molecule has 31 heavy (non-hydrogen) atoms. The summed E-state index contributed by atoms with van der Waals surface area (Å²) in [6, 6.07) is 10.1. The molecule has 1 atom stereocenters. The second-order valence-corrected chi connectivity index (χ2v) is 8.75. The van der Waals surface area contributed by atoms with Gasteiger partial charge in [-0.15, -0.1) is 0 Å². The number of nitrogens with one attached hydrogen (secondary N) is 1. The highest BCUT2D eigenvalue weighted by Crippen LogP contribution is 2.51. The normalized spacial score (nSPS) is 23.8. The van der Waals surface area contributed by atoms with Gasteiger partial charge in [-0.3, -0.25) is 9.59 Å². The number of allylic oxidation sites excluding steroid dienone is 1. The number of carbonyl (C=O) groups is 2. The Labute approximate surface area is 185 Å². The van der Waals surface area contributed by atoms with Crippen molar-refractivity contribution in [3.63, 3.8) is 0 Å². The van der Waals surface area contributed by atoms with Gasteiger partial charge in [-0.25, -0.2) is 0 Å². The Morgan fingerprint density at radius 2 is 1.77 bits per heavy atom. The number of ether oxygens (including phenoxy) is 2. The zero-order valence-electron chi connectivity index (χ0n) is 18.7. The van der Waals surface area contributed by atoms with Gasteiger partial charge in [0, 0.05) is 40.0 Å². The van der Waals surface area contributed by atoms with Crippen LogP contribution in [0.15, 0.2) is 42.5 Å². The highest BCUT2D eigenvalue weighted by atomic mass is 16.7. The molecule has 2 fully saturated rings. The van der Waals surface area contributed by atoms with E-state index >= 15 is 0 Å². The molecule has 2 aliphatic rings. The van der Waals surface area contributed by atoms with Crippen molar-refractivity contribution in [3.8, 4) is 0 Å². The monoisotopic (exact) mass is 429 g/mol. The van der Waals surface area contributed by atoms with E-state index in [1.54, 1.807) is 14.2 Å². The molecule has 2 N–H and O–H groups in total. The molecule has 1 aromatic rings. The highest BCUT2D eigenvalue weighted by Gasteiger charge is 2.57. The number of aliphatic carboxylic acids is 1. The molecule has 0 amide bonds. The van der Waals surface area contributed by atoms with Crippen molar-refractivity contribution in [1.82, 2.24) is 5.32 Å². The number of Topliss-reactive ketones (excluding diaryl/α,β-unsaturated/α-hetero) is 1. The number of unbranched alkanes of at least 4 members (excludes halogenated alkanes) is 1. The van der Waals surface area contributed by atoms with Gasteiger partial charge in [0.2, 0.25) is 0 Å². The first kappa shape index (κ1) is 23.6. The lowest BCUT2D eigenvalue weighted by atomic mass is 9.79. The fourth-order valence-electron chi connectivity index (χ4n) is 5.08. The molecule has 1 saturated heterocycles. The fourth-order valence-corrected chi connectivity index (χ4v) is 5.08. The molecule has 1 aromatic carbocycles. The van der Waals surface area contributed by atoms with Crippen LogP contribution in [0.25, 0.3) is 0 Å². The van der Waals surface area contributed by atoms with Crippen LogP contribution >= 0.6 is 0 Å². The maximum absolute atomic E-state index is 13.3. The topological polar surface area (TPSA) is 84.9 Å².